The SMILES string of the molecule is CCOc1ccc(N2C(=O)[C@@H]3[C@@H](C2=O)N2CCCN2[C@@H]3c2ccc(C#N)cc2)cc1. The van der Waals surface area contributed by atoms with Crippen molar-refractivity contribution in [2.24, 2.45) is 5.92 Å². The van der Waals surface area contributed by atoms with Gasteiger partial charge in [-0.05, 0) is 55.3 Å². The zero-order valence-electron chi connectivity index (χ0n) is 16.7. The monoisotopic (exact) mass is 402 g/mol. The van der Waals surface area contributed by atoms with E-state index in [1.54, 1.807) is 36.4 Å². The summed E-state index contributed by atoms with van der Waals surface area (Å²) in [5, 5.41) is 13.3. The third-order valence-electron chi connectivity index (χ3n) is 6.19. The normalized spacial score (nSPS) is 26.0. The Kier molecular flexibility index (Phi) is 4.54. The van der Waals surface area contributed by atoms with Crippen LogP contribution in [0.5, 0.6) is 5.75 Å². The van der Waals surface area contributed by atoms with Crippen LogP contribution in [0.2, 0.25) is 0 Å². The topological polar surface area (TPSA) is 76.9 Å². The van der Waals surface area contributed by atoms with Gasteiger partial charge >= 0.3 is 0 Å². The van der Waals surface area contributed by atoms with Crippen molar-refractivity contribution in [3.8, 4) is 11.8 Å². The molecule has 0 bridgehead atoms. The summed E-state index contributed by atoms with van der Waals surface area (Å²) in [6, 6.07) is 15.9. The van der Waals surface area contributed by atoms with Crippen LogP contribution in [0.4, 0.5) is 5.69 Å². The minimum Gasteiger partial charge on any atom is -0.494 e. The van der Waals surface area contributed by atoms with Gasteiger partial charge in [-0.1, -0.05) is 12.1 Å². The van der Waals surface area contributed by atoms with E-state index in [1.807, 2.05) is 19.1 Å². The van der Waals surface area contributed by atoms with Gasteiger partial charge in [-0.15, -0.1) is 0 Å². The van der Waals surface area contributed by atoms with Crippen LogP contribution in [-0.4, -0.2) is 47.6 Å². The van der Waals surface area contributed by atoms with Gasteiger partial charge in [0.05, 0.1) is 35.9 Å². The lowest BCUT2D eigenvalue weighted by molar-refractivity contribution is -0.126. The van der Waals surface area contributed by atoms with E-state index in [4.69, 9.17) is 10.00 Å². The predicted molar refractivity (Wildman–Crippen MR) is 109 cm³/mol. The maximum Gasteiger partial charge on any atom is 0.253 e. The number of nitriles is 1. The molecular formula is C23H22N4O3. The molecule has 0 unspecified atom stereocenters. The van der Waals surface area contributed by atoms with E-state index in [0.29, 0.717) is 23.6 Å². The third kappa shape index (κ3) is 2.72. The third-order valence-corrected chi connectivity index (χ3v) is 6.19. The standard InChI is InChI=1S/C23H22N4O3/c1-2-30-18-10-8-17(9-11-18)27-22(28)19-20(16-6-4-15(14-24)5-7-16)25-12-3-13-26(25)21(19)23(27)29/h4-11,19-21H,2-3,12-13H2,1H3/t19-,20+,21-/m0/s1. The average Bonchev–Trinajstić information content (AvgIpc) is 3.41. The van der Waals surface area contributed by atoms with Crippen molar-refractivity contribution in [2.75, 3.05) is 24.6 Å². The molecule has 3 fully saturated rings. The molecule has 2 aromatic carbocycles. The van der Waals surface area contributed by atoms with E-state index in [9.17, 15) is 9.59 Å². The summed E-state index contributed by atoms with van der Waals surface area (Å²) in [4.78, 5) is 28.2. The average molecular weight is 402 g/mol. The minimum atomic E-state index is -0.479. The largest absolute Gasteiger partial charge is 0.494 e. The smallest absolute Gasteiger partial charge is 0.253 e. The Balaban J connectivity index is 1.51. The number of amides is 2. The number of benzene rings is 2. The number of hydrazine groups is 1. The number of imide groups is 1. The lowest BCUT2D eigenvalue weighted by Crippen LogP contribution is -2.44. The molecule has 0 spiro atoms. The molecule has 5 rings (SSSR count). The summed E-state index contributed by atoms with van der Waals surface area (Å²) in [7, 11) is 0. The first-order valence-corrected chi connectivity index (χ1v) is 10.3. The van der Waals surface area contributed by atoms with Crippen LogP contribution < -0.4 is 9.64 Å². The van der Waals surface area contributed by atoms with Gasteiger partial charge in [0.2, 0.25) is 5.91 Å². The highest BCUT2D eigenvalue weighted by Gasteiger charge is 2.62. The van der Waals surface area contributed by atoms with Crippen molar-refractivity contribution < 1.29 is 14.3 Å². The highest BCUT2D eigenvalue weighted by atomic mass is 16.5. The molecule has 30 heavy (non-hydrogen) atoms. The van der Waals surface area contributed by atoms with E-state index in [2.05, 4.69) is 16.1 Å². The van der Waals surface area contributed by atoms with Crippen molar-refractivity contribution >= 4 is 17.5 Å². The van der Waals surface area contributed by atoms with E-state index >= 15 is 0 Å². The Morgan fingerprint density at radius 2 is 1.63 bits per heavy atom. The Hall–Kier alpha value is -3.21. The first-order chi connectivity index (χ1) is 14.6. The summed E-state index contributed by atoms with van der Waals surface area (Å²) in [6.07, 6.45) is 0.959. The molecular weight excluding hydrogens is 380 g/mol. The molecule has 7 heteroatoms. The summed E-state index contributed by atoms with van der Waals surface area (Å²) in [6.45, 7) is 4.06. The fraction of sp³-hybridized carbons (Fsp3) is 0.348. The van der Waals surface area contributed by atoms with Gasteiger partial charge in [-0.2, -0.15) is 5.26 Å². The van der Waals surface area contributed by atoms with Gasteiger partial charge in [0.15, 0.2) is 0 Å². The predicted octanol–water partition coefficient (Wildman–Crippen LogP) is 2.49. The first-order valence-electron chi connectivity index (χ1n) is 10.3. The van der Waals surface area contributed by atoms with Gasteiger partial charge in [0, 0.05) is 13.1 Å². The van der Waals surface area contributed by atoms with Crippen LogP contribution in [0.15, 0.2) is 48.5 Å². The molecule has 3 aliphatic rings. The summed E-state index contributed by atoms with van der Waals surface area (Å²) in [5.41, 5.74) is 2.12. The zero-order valence-corrected chi connectivity index (χ0v) is 16.7. The fourth-order valence-electron chi connectivity index (χ4n) is 4.98. The number of ether oxygens (including phenoxy) is 1. The second-order valence-electron chi connectivity index (χ2n) is 7.77. The van der Waals surface area contributed by atoms with E-state index in [0.717, 1.165) is 25.1 Å². The number of fused-ring (bicyclic) bond motifs is 3. The van der Waals surface area contributed by atoms with Gasteiger partial charge in [-0.3, -0.25) is 9.59 Å². The minimum absolute atomic E-state index is 0.169. The van der Waals surface area contributed by atoms with Gasteiger partial charge in [0.25, 0.3) is 5.91 Å². The van der Waals surface area contributed by atoms with Gasteiger partial charge in [-0.25, -0.2) is 14.9 Å². The number of hydrogen-bond acceptors (Lipinski definition) is 6. The van der Waals surface area contributed by atoms with Crippen LogP contribution in [0.1, 0.15) is 30.5 Å². The summed E-state index contributed by atoms with van der Waals surface area (Å²) >= 11 is 0. The molecule has 3 aliphatic heterocycles. The number of nitrogens with zero attached hydrogens (tertiary/aromatic N) is 4. The van der Waals surface area contributed by atoms with Crippen LogP contribution >= 0.6 is 0 Å². The molecule has 2 amide bonds. The highest BCUT2D eigenvalue weighted by Crippen LogP contribution is 2.48. The molecule has 0 aromatic heterocycles. The molecule has 3 atom stereocenters. The molecule has 2 aromatic rings. The molecule has 0 saturated carbocycles. The maximum atomic E-state index is 13.5. The summed E-state index contributed by atoms with van der Waals surface area (Å²) in [5.74, 6) is -0.0888. The van der Waals surface area contributed by atoms with Crippen molar-refractivity contribution in [2.45, 2.75) is 25.4 Å². The molecule has 0 aliphatic carbocycles. The van der Waals surface area contributed by atoms with E-state index < -0.39 is 12.0 Å². The quantitative estimate of drug-likeness (QED) is 0.732. The van der Waals surface area contributed by atoms with Crippen molar-refractivity contribution in [3.63, 3.8) is 0 Å². The number of hydrogen-bond donors (Lipinski definition) is 0. The Morgan fingerprint density at radius 3 is 2.27 bits per heavy atom. The summed E-state index contributed by atoms with van der Waals surface area (Å²) < 4.78 is 5.48. The van der Waals surface area contributed by atoms with Crippen LogP contribution in [0, 0.1) is 17.2 Å². The molecule has 152 valence electrons. The Morgan fingerprint density at radius 1 is 0.967 bits per heavy atom. The second-order valence-corrected chi connectivity index (χ2v) is 7.77. The second kappa shape index (κ2) is 7.24. The molecule has 0 N–H and O–H groups in total. The fourth-order valence-corrected chi connectivity index (χ4v) is 4.98. The number of carbonyl (C=O) groups excluding carboxylic acids is 2. The van der Waals surface area contributed by atoms with Gasteiger partial charge in [0.1, 0.15) is 11.8 Å². The van der Waals surface area contributed by atoms with Crippen LogP contribution in [0.25, 0.3) is 0 Å². The zero-order chi connectivity index (χ0) is 20.8. The number of rotatable bonds is 4. The lowest BCUT2D eigenvalue weighted by Gasteiger charge is -2.29. The lowest BCUT2D eigenvalue weighted by atomic mass is 9.89. The molecule has 3 saturated heterocycles. The number of carbonyl (C=O) groups is 2. The van der Waals surface area contributed by atoms with Crippen molar-refractivity contribution in [1.82, 2.24) is 10.0 Å². The molecule has 7 nitrogen and oxygen atoms in total. The first kappa shape index (κ1) is 18.8. The van der Waals surface area contributed by atoms with Gasteiger partial charge < -0.3 is 4.74 Å². The molecule has 3 heterocycles. The van der Waals surface area contributed by atoms with Crippen molar-refractivity contribution in [1.29, 1.82) is 5.26 Å². The number of anilines is 1. The van der Waals surface area contributed by atoms with E-state index in [-0.39, 0.29) is 17.9 Å². The van der Waals surface area contributed by atoms with Crippen LogP contribution in [0.3, 0.4) is 0 Å². The maximum absolute atomic E-state index is 13.5. The van der Waals surface area contributed by atoms with Crippen LogP contribution in [-0.2, 0) is 9.59 Å². The van der Waals surface area contributed by atoms with E-state index in [1.165, 1.54) is 4.90 Å². The highest BCUT2D eigenvalue weighted by molar-refractivity contribution is 6.24. The Bertz CT molecular complexity index is 1030. The molecule has 0 radical (unpaired) electrons. The Labute approximate surface area is 175 Å². The van der Waals surface area contributed by atoms with Crippen molar-refractivity contribution in [3.05, 3.63) is 59.7 Å².